The Morgan fingerprint density at radius 1 is 1.40 bits per heavy atom. The van der Waals surface area contributed by atoms with Crippen LogP contribution in [0.3, 0.4) is 0 Å². The molecule has 0 aliphatic carbocycles. The maximum Gasteiger partial charge on any atom is 0.406 e. The Labute approximate surface area is 113 Å². The van der Waals surface area contributed by atoms with E-state index in [1.165, 1.54) is 12.1 Å². The number of nitrogens with one attached hydrogen (secondary N) is 1. The molecule has 1 aromatic rings. The number of hydrogen-bond donors (Lipinski definition) is 2. The number of carbonyl (C=O) groups excluding carboxylic acids is 1. The van der Waals surface area contributed by atoms with Crippen LogP contribution in [0, 0.1) is 5.92 Å². The SMILES string of the molecule is CC(C)[C@@H](NC(=O)c1cccn1CC(F)(F)F)C(=O)O. The number of amides is 1. The van der Waals surface area contributed by atoms with Crippen molar-refractivity contribution in [2.45, 2.75) is 32.6 Å². The number of carbonyl (C=O) groups is 2. The van der Waals surface area contributed by atoms with Crippen LogP contribution in [0.1, 0.15) is 24.3 Å². The molecule has 2 N–H and O–H groups in total. The Balaban J connectivity index is 2.88. The average Bonchev–Trinajstić information content (AvgIpc) is 2.70. The fourth-order valence-corrected chi connectivity index (χ4v) is 1.68. The Kier molecular flexibility index (Phi) is 4.80. The summed E-state index contributed by atoms with van der Waals surface area (Å²) in [5, 5.41) is 11.2. The van der Waals surface area contributed by atoms with Crippen molar-refractivity contribution in [3.05, 3.63) is 24.0 Å². The molecule has 0 fully saturated rings. The van der Waals surface area contributed by atoms with Crippen molar-refractivity contribution >= 4 is 11.9 Å². The fraction of sp³-hybridized carbons (Fsp3) is 0.500. The number of carboxylic acids is 1. The van der Waals surface area contributed by atoms with Gasteiger partial charge in [-0.1, -0.05) is 13.8 Å². The van der Waals surface area contributed by atoms with Crippen LogP contribution < -0.4 is 5.32 Å². The molecule has 0 aromatic carbocycles. The summed E-state index contributed by atoms with van der Waals surface area (Å²) in [5.41, 5.74) is -0.228. The van der Waals surface area contributed by atoms with Gasteiger partial charge in [0.25, 0.3) is 5.91 Å². The molecule has 0 bridgehead atoms. The minimum Gasteiger partial charge on any atom is -0.480 e. The number of halogens is 3. The summed E-state index contributed by atoms with van der Waals surface area (Å²) in [6.07, 6.45) is -3.34. The van der Waals surface area contributed by atoms with E-state index in [0.29, 0.717) is 0 Å². The molecule has 0 radical (unpaired) electrons. The van der Waals surface area contributed by atoms with Crippen molar-refractivity contribution in [3.63, 3.8) is 0 Å². The molecule has 20 heavy (non-hydrogen) atoms. The second kappa shape index (κ2) is 5.98. The zero-order valence-corrected chi connectivity index (χ0v) is 10.9. The molecule has 112 valence electrons. The van der Waals surface area contributed by atoms with E-state index in [4.69, 9.17) is 5.11 Å². The second-order valence-corrected chi connectivity index (χ2v) is 4.67. The lowest BCUT2D eigenvalue weighted by Gasteiger charge is -2.19. The zero-order chi connectivity index (χ0) is 15.5. The standard InChI is InChI=1S/C12H15F3N2O3/c1-7(2)9(11(19)20)16-10(18)8-4-3-5-17(8)6-12(13,14)15/h3-5,7,9H,6H2,1-2H3,(H,16,18)(H,19,20)/t9-/m1/s1. The summed E-state index contributed by atoms with van der Waals surface area (Å²) in [6.45, 7) is 1.88. The molecule has 0 saturated carbocycles. The average molecular weight is 292 g/mol. The molecule has 0 aliphatic heterocycles. The summed E-state index contributed by atoms with van der Waals surface area (Å²) >= 11 is 0. The molecular weight excluding hydrogens is 277 g/mol. The monoisotopic (exact) mass is 292 g/mol. The van der Waals surface area contributed by atoms with Gasteiger partial charge in [0.1, 0.15) is 18.3 Å². The van der Waals surface area contributed by atoms with Crippen LogP contribution in [0.15, 0.2) is 18.3 Å². The third kappa shape index (κ3) is 4.29. The van der Waals surface area contributed by atoms with E-state index in [1.807, 2.05) is 0 Å². The van der Waals surface area contributed by atoms with E-state index in [0.717, 1.165) is 10.8 Å². The van der Waals surface area contributed by atoms with Crippen LogP contribution >= 0.6 is 0 Å². The van der Waals surface area contributed by atoms with Gasteiger partial charge in [-0.3, -0.25) is 4.79 Å². The first-order valence-corrected chi connectivity index (χ1v) is 5.87. The Morgan fingerprint density at radius 3 is 2.45 bits per heavy atom. The second-order valence-electron chi connectivity index (χ2n) is 4.67. The van der Waals surface area contributed by atoms with Gasteiger partial charge in [-0.05, 0) is 18.1 Å². The molecule has 1 aromatic heterocycles. The molecule has 1 atom stereocenters. The van der Waals surface area contributed by atoms with Gasteiger partial charge >= 0.3 is 12.1 Å². The van der Waals surface area contributed by atoms with E-state index < -0.39 is 30.6 Å². The minimum atomic E-state index is -4.46. The lowest BCUT2D eigenvalue weighted by atomic mass is 10.0. The van der Waals surface area contributed by atoms with Crippen LogP contribution in [-0.2, 0) is 11.3 Å². The van der Waals surface area contributed by atoms with Crippen molar-refractivity contribution in [3.8, 4) is 0 Å². The molecule has 5 nitrogen and oxygen atoms in total. The highest BCUT2D eigenvalue weighted by Gasteiger charge is 2.30. The Morgan fingerprint density at radius 2 is 2.00 bits per heavy atom. The van der Waals surface area contributed by atoms with Crippen LogP contribution in [0.5, 0.6) is 0 Å². The molecule has 0 aliphatic rings. The summed E-state index contributed by atoms with van der Waals surface area (Å²) in [6, 6.07) is 1.35. The first kappa shape index (κ1) is 16.1. The van der Waals surface area contributed by atoms with Crippen molar-refractivity contribution in [1.29, 1.82) is 0 Å². The predicted octanol–water partition coefficient (Wildman–Crippen LogP) is 1.89. The molecular formula is C12H15F3N2O3. The topological polar surface area (TPSA) is 71.3 Å². The highest BCUT2D eigenvalue weighted by molar-refractivity contribution is 5.95. The van der Waals surface area contributed by atoms with Crippen LogP contribution in [-0.4, -0.2) is 33.8 Å². The quantitative estimate of drug-likeness (QED) is 0.870. The molecule has 0 unspecified atom stereocenters. The zero-order valence-electron chi connectivity index (χ0n) is 10.9. The van der Waals surface area contributed by atoms with Gasteiger partial charge in [-0.15, -0.1) is 0 Å². The largest absolute Gasteiger partial charge is 0.480 e. The molecule has 1 heterocycles. The van der Waals surface area contributed by atoms with Gasteiger partial charge in [-0.2, -0.15) is 13.2 Å². The van der Waals surface area contributed by atoms with Crippen LogP contribution in [0.4, 0.5) is 13.2 Å². The first-order valence-electron chi connectivity index (χ1n) is 5.87. The number of aliphatic carboxylic acids is 1. The van der Waals surface area contributed by atoms with Gasteiger partial charge in [0, 0.05) is 6.20 Å². The van der Waals surface area contributed by atoms with E-state index >= 15 is 0 Å². The van der Waals surface area contributed by atoms with Gasteiger partial charge in [-0.25, -0.2) is 4.79 Å². The Hall–Kier alpha value is -1.99. The lowest BCUT2D eigenvalue weighted by Crippen LogP contribution is -2.45. The maximum atomic E-state index is 12.3. The summed E-state index contributed by atoms with van der Waals surface area (Å²) in [4.78, 5) is 22.8. The fourth-order valence-electron chi connectivity index (χ4n) is 1.68. The molecule has 0 spiro atoms. The third-order valence-electron chi connectivity index (χ3n) is 2.63. The number of carboxylic acid groups (broad SMARTS) is 1. The highest BCUT2D eigenvalue weighted by atomic mass is 19.4. The third-order valence-corrected chi connectivity index (χ3v) is 2.63. The number of hydrogen-bond acceptors (Lipinski definition) is 2. The predicted molar refractivity (Wildman–Crippen MR) is 64.2 cm³/mol. The van der Waals surface area contributed by atoms with Crippen molar-refractivity contribution < 1.29 is 27.9 Å². The normalized spacial score (nSPS) is 13.3. The summed E-state index contributed by atoms with van der Waals surface area (Å²) in [5.74, 6) is -2.47. The van der Waals surface area contributed by atoms with E-state index in [1.54, 1.807) is 13.8 Å². The maximum absolute atomic E-state index is 12.3. The number of aromatic nitrogens is 1. The van der Waals surface area contributed by atoms with E-state index in [-0.39, 0.29) is 11.6 Å². The summed E-state index contributed by atoms with van der Waals surface area (Å²) in [7, 11) is 0. The summed E-state index contributed by atoms with van der Waals surface area (Å²) < 4.78 is 37.7. The molecule has 8 heteroatoms. The van der Waals surface area contributed by atoms with Gasteiger partial charge < -0.3 is 15.0 Å². The number of alkyl halides is 3. The molecule has 1 amide bonds. The van der Waals surface area contributed by atoms with E-state index in [9.17, 15) is 22.8 Å². The molecule has 1 rings (SSSR count). The lowest BCUT2D eigenvalue weighted by molar-refractivity contribution is -0.141. The number of rotatable bonds is 5. The van der Waals surface area contributed by atoms with Gasteiger partial charge in [0.15, 0.2) is 0 Å². The van der Waals surface area contributed by atoms with Gasteiger partial charge in [0.05, 0.1) is 0 Å². The smallest absolute Gasteiger partial charge is 0.406 e. The van der Waals surface area contributed by atoms with Crippen molar-refractivity contribution in [2.75, 3.05) is 0 Å². The van der Waals surface area contributed by atoms with Crippen molar-refractivity contribution in [2.24, 2.45) is 5.92 Å². The van der Waals surface area contributed by atoms with Gasteiger partial charge in [0.2, 0.25) is 0 Å². The van der Waals surface area contributed by atoms with Crippen molar-refractivity contribution in [1.82, 2.24) is 9.88 Å². The van der Waals surface area contributed by atoms with E-state index in [2.05, 4.69) is 5.32 Å². The first-order chi connectivity index (χ1) is 9.11. The molecule has 0 saturated heterocycles. The Bertz CT molecular complexity index is 494. The minimum absolute atomic E-state index is 0.228. The van der Waals surface area contributed by atoms with Crippen LogP contribution in [0.25, 0.3) is 0 Å². The van der Waals surface area contributed by atoms with Crippen LogP contribution in [0.2, 0.25) is 0 Å². The highest BCUT2D eigenvalue weighted by Crippen LogP contribution is 2.19. The number of nitrogens with zero attached hydrogens (tertiary/aromatic N) is 1.